The molecule has 2 heterocycles. The zero-order valence-corrected chi connectivity index (χ0v) is 11.8. The van der Waals surface area contributed by atoms with Gasteiger partial charge in [-0.15, -0.1) is 0 Å². The molecule has 16 heavy (non-hydrogen) atoms. The van der Waals surface area contributed by atoms with Crippen LogP contribution in [0.15, 0.2) is 0 Å². The Morgan fingerprint density at radius 1 is 1.12 bits per heavy atom. The lowest BCUT2D eigenvalue weighted by Crippen LogP contribution is -2.41. The molecular weight excluding hydrogens is 292 g/mol. The average molecular weight is 311 g/mol. The van der Waals surface area contributed by atoms with Gasteiger partial charge in [0.05, 0.1) is 0 Å². The van der Waals surface area contributed by atoms with E-state index in [0.29, 0.717) is 32.1 Å². The van der Waals surface area contributed by atoms with Gasteiger partial charge in [0.25, 0.3) is 10.2 Å². The quantitative estimate of drug-likeness (QED) is 0.737. The van der Waals surface area contributed by atoms with Gasteiger partial charge in [-0.25, -0.2) is 0 Å². The Morgan fingerprint density at radius 2 is 1.81 bits per heavy atom. The van der Waals surface area contributed by atoms with Gasteiger partial charge in [-0.3, -0.25) is 0 Å². The van der Waals surface area contributed by atoms with E-state index in [1.54, 1.807) is 8.61 Å². The molecular formula is C10H19BrN2O2S. The van der Waals surface area contributed by atoms with Gasteiger partial charge in [0.2, 0.25) is 0 Å². The molecule has 6 heteroatoms. The van der Waals surface area contributed by atoms with Gasteiger partial charge >= 0.3 is 0 Å². The smallest absolute Gasteiger partial charge is 0.195 e. The van der Waals surface area contributed by atoms with Crippen LogP contribution in [0.2, 0.25) is 0 Å². The van der Waals surface area contributed by atoms with Crippen LogP contribution in [0.1, 0.15) is 25.7 Å². The second kappa shape index (κ2) is 5.33. The minimum Gasteiger partial charge on any atom is -0.195 e. The zero-order valence-electron chi connectivity index (χ0n) is 9.44. The van der Waals surface area contributed by atoms with E-state index in [1.807, 2.05) is 0 Å². The summed E-state index contributed by atoms with van der Waals surface area (Å²) in [6.45, 7) is 2.84. The molecule has 94 valence electrons. The van der Waals surface area contributed by atoms with Gasteiger partial charge in [-0.05, 0) is 31.6 Å². The highest BCUT2D eigenvalue weighted by molar-refractivity contribution is 9.09. The summed E-state index contributed by atoms with van der Waals surface area (Å²) < 4.78 is 27.8. The molecule has 0 amide bonds. The van der Waals surface area contributed by atoms with E-state index >= 15 is 0 Å². The molecule has 0 aromatic heterocycles. The van der Waals surface area contributed by atoms with E-state index in [9.17, 15) is 8.42 Å². The SMILES string of the molecule is O=S(=O)(N1CCCC1)N1CCC(CCBr)C1. The number of hydrogen-bond acceptors (Lipinski definition) is 2. The average Bonchev–Trinajstić information content (AvgIpc) is 2.88. The second-order valence-corrected chi connectivity index (χ2v) is 7.33. The first-order chi connectivity index (χ1) is 7.64. The van der Waals surface area contributed by atoms with Crippen LogP contribution in [0.5, 0.6) is 0 Å². The molecule has 2 fully saturated rings. The highest BCUT2D eigenvalue weighted by Crippen LogP contribution is 2.26. The van der Waals surface area contributed by atoms with Crippen molar-refractivity contribution in [2.45, 2.75) is 25.7 Å². The molecule has 0 bridgehead atoms. The number of rotatable bonds is 4. The monoisotopic (exact) mass is 310 g/mol. The lowest BCUT2D eigenvalue weighted by atomic mass is 10.1. The van der Waals surface area contributed by atoms with Gasteiger partial charge in [0, 0.05) is 31.5 Å². The molecule has 0 spiro atoms. The summed E-state index contributed by atoms with van der Waals surface area (Å²) in [5.41, 5.74) is 0. The molecule has 2 saturated heterocycles. The highest BCUT2D eigenvalue weighted by atomic mass is 79.9. The minimum absolute atomic E-state index is 0.539. The molecule has 1 atom stereocenters. The Morgan fingerprint density at radius 3 is 2.44 bits per heavy atom. The van der Waals surface area contributed by atoms with E-state index in [-0.39, 0.29) is 0 Å². The van der Waals surface area contributed by atoms with Crippen LogP contribution in [-0.2, 0) is 10.2 Å². The summed E-state index contributed by atoms with van der Waals surface area (Å²) in [5, 5.41) is 0.968. The first kappa shape index (κ1) is 12.8. The Labute approximate surface area is 106 Å². The van der Waals surface area contributed by atoms with Crippen molar-refractivity contribution in [1.82, 2.24) is 8.61 Å². The van der Waals surface area contributed by atoms with E-state index in [1.165, 1.54) is 0 Å². The van der Waals surface area contributed by atoms with Gasteiger partial charge < -0.3 is 0 Å². The number of alkyl halides is 1. The molecule has 0 N–H and O–H groups in total. The second-order valence-electron chi connectivity index (χ2n) is 4.60. The van der Waals surface area contributed by atoms with Crippen molar-refractivity contribution in [3.05, 3.63) is 0 Å². The molecule has 2 rings (SSSR count). The third-order valence-corrected chi connectivity index (χ3v) is 5.94. The third-order valence-electron chi connectivity index (χ3n) is 3.48. The fourth-order valence-corrected chi connectivity index (χ4v) is 4.91. The van der Waals surface area contributed by atoms with Crippen molar-refractivity contribution in [2.24, 2.45) is 5.92 Å². The topological polar surface area (TPSA) is 40.6 Å². The molecule has 0 aliphatic carbocycles. The van der Waals surface area contributed by atoms with Crippen molar-refractivity contribution in [3.63, 3.8) is 0 Å². The Balaban J connectivity index is 1.97. The van der Waals surface area contributed by atoms with Crippen molar-refractivity contribution < 1.29 is 8.42 Å². The summed E-state index contributed by atoms with van der Waals surface area (Å²) in [7, 11) is -3.14. The lowest BCUT2D eigenvalue weighted by molar-refractivity contribution is 0.388. The number of nitrogens with zero attached hydrogens (tertiary/aromatic N) is 2. The van der Waals surface area contributed by atoms with Gasteiger partial charge in [-0.1, -0.05) is 15.9 Å². The van der Waals surface area contributed by atoms with E-state index < -0.39 is 10.2 Å². The van der Waals surface area contributed by atoms with E-state index in [4.69, 9.17) is 0 Å². The summed E-state index contributed by atoms with van der Waals surface area (Å²) >= 11 is 3.42. The summed E-state index contributed by atoms with van der Waals surface area (Å²) in [5.74, 6) is 0.539. The van der Waals surface area contributed by atoms with Crippen molar-refractivity contribution >= 4 is 26.1 Å². The Hall–Kier alpha value is 0.350. The predicted octanol–water partition coefficient (Wildman–Crippen LogP) is 1.43. The maximum absolute atomic E-state index is 12.2. The maximum atomic E-state index is 12.2. The molecule has 2 aliphatic rings. The Kier molecular flexibility index (Phi) is 4.26. The summed E-state index contributed by atoms with van der Waals surface area (Å²) in [6.07, 6.45) is 4.11. The standard InChI is InChI=1S/C10H19BrN2O2S/c11-5-3-10-4-8-13(9-10)16(14,15)12-6-1-2-7-12/h10H,1-9H2. The zero-order chi connectivity index (χ0) is 11.6. The van der Waals surface area contributed by atoms with Crippen molar-refractivity contribution in [2.75, 3.05) is 31.5 Å². The van der Waals surface area contributed by atoms with Gasteiger partial charge in [0.15, 0.2) is 0 Å². The maximum Gasteiger partial charge on any atom is 0.281 e. The Bertz CT molecular complexity index is 328. The first-order valence-electron chi connectivity index (χ1n) is 5.96. The van der Waals surface area contributed by atoms with E-state index in [2.05, 4.69) is 15.9 Å². The van der Waals surface area contributed by atoms with Crippen molar-refractivity contribution in [1.29, 1.82) is 0 Å². The summed E-state index contributed by atoms with van der Waals surface area (Å²) in [4.78, 5) is 0. The van der Waals surface area contributed by atoms with Crippen LogP contribution >= 0.6 is 15.9 Å². The summed E-state index contributed by atoms with van der Waals surface area (Å²) in [6, 6.07) is 0. The van der Waals surface area contributed by atoms with Crippen LogP contribution in [0.25, 0.3) is 0 Å². The largest absolute Gasteiger partial charge is 0.281 e. The normalized spacial score (nSPS) is 28.9. The molecule has 2 aliphatic heterocycles. The van der Waals surface area contributed by atoms with Gasteiger partial charge in [-0.2, -0.15) is 17.0 Å². The number of halogens is 1. The minimum atomic E-state index is -3.14. The first-order valence-corrected chi connectivity index (χ1v) is 8.47. The van der Waals surface area contributed by atoms with Crippen LogP contribution in [0, 0.1) is 5.92 Å². The van der Waals surface area contributed by atoms with E-state index in [0.717, 1.165) is 31.0 Å². The molecule has 0 aromatic rings. The fourth-order valence-electron chi connectivity index (χ4n) is 2.48. The molecule has 0 aromatic carbocycles. The molecule has 1 unspecified atom stereocenters. The highest BCUT2D eigenvalue weighted by Gasteiger charge is 2.36. The van der Waals surface area contributed by atoms with Crippen LogP contribution < -0.4 is 0 Å². The van der Waals surface area contributed by atoms with Crippen LogP contribution in [0.4, 0.5) is 0 Å². The van der Waals surface area contributed by atoms with Crippen LogP contribution in [-0.4, -0.2) is 48.5 Å². The van der Waals surface area contributed by atoms with Crippen molar-refractivity contribution in [3.8, 4) is 0 Å². The predicted molar refractivity (Wildman–Crippen MR) is 67.8 cm³/mol. The lowest BCUT2D eigenvalue weighted by Gasteiger charge is -2.23. The molecule has 0 saturated carbocycles. The third kappa shape index (κ3) is 2.60. The van der Waals surface area contributed by atoms with Crippen LogP contribution in [0.3, 0.4) is 0 Å². The number of hydrogen-bond donors (Lipinski definition) is 0. The van der Waals surface area contributed by atoms with Gasteiger partial charge in [0.1, 0.15) is 0 Å². The molecule has 0 radical (unpaired) electrons. The molecule has 4 nitrogen and oxygen atoms in total. The fraction of sp³-hybridized carbons (Fsp3) is 1.00.